The van der Waals surface area contributed by atoms with Crippen molar-refractivity contribution in [1.82, 2.24) is 0 Å². The maximum absolute atomic E-state index is 15.3. The molecule has 1 aliphatic rings. The molecule has 0 radical (unpaired) electrons. The summed E-state index contributed by atoms with van der Waals surface area (Å²) in [7, 11) is 0. The van der Waals surface area contributed by atoms with E-state index in [0.717, 1.165) is 29.4 Å². The molecule has 1 atom stereocenters. The van der Waals surface area contributed by atoms with Crippen LogP contribution in [0.4, 0.5) is 13.2 Å². The zero-order valence-electron chi connectivity index (χ0n) is 16.9. The van der Waals surface area contributed by atoms with Gasteiger partial charge in [0.2, 0.25) is 0 Å². The van der Waals surface area contributed by atoms with Gasteiger partial charge in [0.25, 0.3) is 0 Å². The SMILES string of the molecule is CCCCCCc1ccc2c(F)c(C3CCc4cc(F)c(F)cc4C3)ccc2c1. The highest BCUT2D eigenvalue weighted by Gasteiger charge is 2.25. The van der Waals surface area contributed by atoms with Gasteiger partial charge in [0, 0.05) is 5.39 Å². The van der Waals surface area contributed by atoms with Crippen LogP contribution in [0.5, 0.6) is 0 Å². The molecule has 3 aromatic carbocycles. The lowest BCUT2D eigenvalue weighted by Crippen LogP contribution is -2.15. The van der Waals surface area contributed by atoms with Gasteiger partial charge in [0.15, 0.2) is 11.6 Å². The minimum Gasteiger partial charge on any atom is -0.206 e. The van der Waals surface area contributed by atoms with Gasteiger partial charge in [-0.2, -0.15) is 0 Å². The van der Waals surface area contributed by atoms with Gasteiger partial charge in [0.1, 0.15) is 5.82 Å². The van der Waals surface area contributed by atoms with Crippen molar-refractivity contribution in [1.29, 1.82) is 0 Å². The number of benzene rings is 3. The average Bonchev–Trinajstić information content (AvgIpc) is 2.72. The number of hydrogen-bond acceptors (Lipinski definition) is 0. The molecule has 0 aliphatic heterocycles. The predicted octanol–water partition coefficient (Wildman–Crippen LogP) is 7.65. The summed E-state index contributed by atoms with van der Waals surface area (Å²) in [6.07, 6.45) is 7.84. The molecule has 0 amide bonds. The molecule has 3 heteroatoms. The van der Waals surface area contributed by atoms with E-state index in [1.807, 2.05) is 24.3 Å². The average molecular weight is 396 g/mol. The van der Waals surface area contributed by atoms with Crippen LogP contribution in [-0.4, -0.2) is 0 Å². The molecule has 0 fully saturated rings. The fourth-order valence-electron chi connectivity index (χ4n) is 4.60. The van der Waals surface area contributed by atoms with E-state index in [1.54, 1.807) is 0 Å². The molecule has 152 valence electrons. The molecule has 0 saturated carbocycles. The highest BCUT2D eigenvalue weighted by molar-refractivity contribution is 5.84. The Hall–Kier alpha value is -2.29. The maximum Gasteiger partial charge on any atom is 0.159 e. The van der Waals surface area contributed by atoms with Crippen LogP contribution < -0.4 is 0 Å². The Labute approximate surface area is 170 Å². The molecule has 1 aliphatic carbocycles. The summed E-state index contributed by atoms with van der Waals surface area (Å²) in [5, 5.41) is 1.58. The molecular formula is C26H27F3. The van der Waals surface area contributed by atoms with Crippen molar-refractivity contribution in [2.75, 3.05) is 0 Å². The van der Waals surface area contributed by atoms with Gasteiger partial charge in [-0.1, -0.05) is 56.5 Å². The van der Waals surface area contributed by atoms with Crippen molar-refractivity contribution in [3.8, 4) is 0 Å². The van der Waals surface area contributed by atoms with E-state index >= 15 is 4.39 Å². The lowest BCUT2D eigenvalue weighted by molar-refractivity contribution is 0.493. The number of rotatable bonds is 6. The van der Waals surface area contributed by atoms with Gasteiger partial charge < -0.3 is 0 Å². The largest absolute Gasteiger partial charge is 0.206 e. The third-order valence-corrected chi connectivity index (χ3v) is 6.28. The molecule has 1 unspecified atom stereocenters. The van der Waals surface area contributed by atoms with E-state index in [9.17, 15) is 8.78 Å². The van der Waals surface area contributed by atoms with Crippen molar-refractivity contribution < 1.29 is 13.2 Å². The van der Waals surface area contributed by atoms with Crippen LogP contribution in [-0.2, 0) is 19.3 Å². The summed E-state index contributed by atoms with van der Waals surface area (Å²) >= 11 is 0. The topological polar surface area (TPSA) is 0 Å². The van der Waals surface area contributed by atoms with Crippen LogP contribution in [0.15, 0.2) is 42.5 Å². The first-order valence-electron chi connectivity index (χ1n) is 10.7. The molecule has 4 rings (SSSR count). The normalized spacial score (nSPS) is 16.2. The van der Waals surface area contributed by atoms with Gasteiger partial charge in [0.05, 0.1) is 0 Å². The predicted molar refractivity (Wildman–Crippen MR) is 113 cm³/mol. The lowest BCUT2D eigenvalue weighted by Gasteiger charge is -2.26. The van der Waals surface area contributed by atoms with E-state index in [2.05, 4.69) is 13.0 Å². The van der Waals surface area contributed by atoms with Gasteiger partial charge in [-0.05, 0) is 77.8 Å². The van der Waals surface area contributed by atoms with Crippen molar-refractivity contribution in [2.24, 2.45) is 0 Å². The first-order valence-corrected chi connectivity index (χ1v) is 10.7. The molecule has 0 bridgehead atoms. The Morgan fingerprint density at radius 3 is 2.45 bits per heavy atom. The number of unbranched alkanes of at least 4 members (excludes halogenated alkanes) is 3. The van der Waals surface area contributed by atoms with Crippen molar-refractivity contribution in [3.63, 3.8) is 0 Å². The highest BCUT2D eigenvalue weighted by atomic mass is 19.2. The number of aryl methyl sites for hydroxylation is 2. The molecule has 3 aromatic rings. The van der Waals surface area contributed by atoms with E-state index in [-0.39, 0.29) is 11.7 Å². The van der Waals surface area contributed by atoms with E-state index in [1.165, 1.54) is 43.4 Å². The molecule has 0 saturated heterocycles. The van der Waals surface area contributed by atoms with E-state index in [0.29, 0.717) is 23.8 Å². The smallest absolute Gasteiger partial charge is 0.159 e. The molecular weight excluding hydrogens is 369 g/mol. The first kappa shape index (κ1) is 20.0. The van der Waals surface area contributed by atoms with Crippen LogP contribution in [0.1, 0.15) is 67.2 Å². The molecule has 0 aromatic heterocycles. The minimum atomic E-state index is -0.824. The Morgan fingerprint density at radius 2 is 1.66 bits per heavy atom. The molecule has 0 nitrogen and oxygen atoms in total. The summed E-state index contributed by atoms with van der Waals surface area (Å²) < 4.78 is 42.4. The van der Waals surface area contributed by atoms with Crippen LogP contribution in [0, 0.1) is 17.5 Å². The molecule has 0 heterocycles. The molecule has 0 spiro atoms. The fraction of sp³-hybridized carbons (Fsp3) is 0.385. The summed E-state index contributed by atoms with van der Waals surface area (Å²) in [5.74, 6) is -1.80. The quantitative estimate of drug-likeness (QED) is 0.375. The number of hydrogen-bond donors (Lipinski definition) is 0. The third-order valence-electron chi connectivity index (χ3n) is 6.28. The zero-order chi connectivity index (χ0) is 20.4. The summed E-state index contributed by atoms with van der Waals surface area (Å²) in [6, 6.07) is 12.5. The molecule has 0 N–H and O–H groups in total. The van der Waals surface area contributed by atoms with Gasteiger partial charge in [-0.15, -0.1) is 0 Å². The second kappa shape index (κ2) is 8.61. The standard InChI is InChI=1S/C26H27F3/c1-2-3-4-5-6-17-7-11-22-19(13-17)10-12-23(26(22)29)20-9-8-18-15-24(27)25(28)16-21(18)14-20/h7,10-13,15-16,20H,2-6,8-9,14H2,1H3. The first-order chi connectivity index (χ1) is 14.1. The Morgan fingerprint density at radius 1 is 0.862 bits per heavy atom. The number of fused-ring (bicyclic) bond motifs is 2. The van der Waals surface area contributed by atoms with E-state index < -0.39 is 11.6 Å². The van der Waals surface area contributed by atoms with Crippen LogP contribution in [0.25, 0.3) is 10.8 Å². The summed E-state index contributed by atoms with van der Waals surface area (Å²) in [6.45, 7) is 2.20. The van der Waals surface area contributed by atoms with Crippen molar-refractivity contribution in [2.45, 2.75) is 64.2 Å². The number of halogens is 3. The zero-order valence-corrected chi connectivity index (χ0v) is 16.9. The Bertz CT molecular complexity index is 1020. The Balaban J connectivity index is 1.57. The summed E-state index contributed by atoms with van der Waals surface area (Å²) in [4.78, 5) is 0. The second-order valence-electron chi connectivity index (χ2n) is 8.31. The Kier molecular flexibility index (Phi) is 5.94. The van der Waals surface area contributed by atoms with Crippen LogP contribution in [0.2, 0.25) is 0 Å². The van der Waals surface area contributed by atoms with Gasteiger partial charge >= 0.3 is 0 Å². The lowest BCUT2D eigenvalue weighted by atomic mass is 9.79. The third kappa shape index (κ3) is 4.19. The highest BCUT2D eigenvalue weighted by Crippen LogP contribution is 2.36. The second-order valence-corrected chi connectivity index (χ2v) is 8.31. The van der Waals surface area contributed by atoms with Gasteiger partial charge in [-0.3, -0.25) is 0 Å². The van der Waals surface area contributed by atoms with Crippen molar-refractivity contribution in [3.05, 3.63) is 82.2 Å². The monoisotopic (exact) mass is 396 g/mol. The van der Waals surface area contributed by atoms with Crippen molar-refractivity contribution >= 4 is 10.8 Å². The van der Waals surface area contributed by atoms with Crippen LogP contribution in [0.3, 0.4) is 0 Å². The fourth-order valence-corrected chi connectivity index (χ4v) is 4.60. The van der Waals surface area contributed by atoms with Gasteiger partial charge in [-0.25, -0.2) is 13.2 Å². The molecule has 29 heavy (non-hydrogen) atoms. The summed E-state index contributed by atoms with van der Waals surface area (Å²) in [5.41, 5.74) is 3.57. The maximum atomic E-state index is 15.3. The van der Waals surface area contributed by atoms with Crippen LogP contribution >= 0.6 is 0 Å². The van der Waals surface area contributed by atoms with E-state index in [4.69, 9.17) is 0 Å². The minimum absolute atomic E-state index is 0.00881.